The number of amides is 1. The van der Waals surface area contributed by atoms with Crippen LogP contribution in [-0.2, 0) is 4.79 Å². The zero-order valence-electron chi connectivity index (χ0n) is 11.6. The number of aromatic amines is 1. The summed E-state index contributed by atoms with van der Waals surface area (Å²) in [5.41, 5.74) is 9.21. The zero-order chi connectivity index (χ0) is 14.8. The highest BCUT2D eigenvalue weighted by molar-refractivity contribution is 5.96. The Morgan fingerprint density at radius 3 is 2.76 bits per heavy atom. The second-order valence-corrected chi connectivity index (χ2v) is 4.93. The Bertz CT molecular complexity index is 779. The highest BCUT2D eigenvalue weighted by Gasteiger charge is 2.15. The molecule has 0 bridgehead atoms. The number of rotatable bonds is 3. The maximum atomic E-state index is 12.2. The molecule has 0 spiro atoms. The fourth-order valence-corrected chi connectivity index (χ4v) is 2.25. The third-order valence-corrected chi connectivity index (χ3v) is 3.31. The van der Waals surface area contributed by atoms with Crippen LogP contribution in [-0.4, -0.2) is 15.9 Å². The molecule has 1 aromatic heterocycles. The molecule has 21 heavy (non-hydrogen) atoms. The quantitative estimate of drug-likeness (QED) is 0.689. The number of anilines is 1. The lowest BCUT2D eigenvalue weighted by atomic mass is 10.1. The largest absolute Gasteiger partial charge is 0.342 e. The van der Waals surface area contributed by atoms with Crippen molar-refractivity contribution in [1.82, 2.24) is 9.97 Å². The van der Waals surface area contributed by atoms with E-state index in [-0.39, 0.29) is 5.91 Å². The van der Waals surface area contributed by atoms with E-state index in [0.717, 1.165) is 22.4 Å². The van der Waals surface area contributed by atoms with Gasteiger partial charge in [-0.1, -0.05) is 30.3 Å². The Hall–Kier alpha value is -2.66. The monoisotopic (exact) mass is 280 g/mol. The minimum Gasteiger partial charge on any atom is -0.342 e. The van der Waals surface area contributed by atoms with Crippen molar-refractivity contribution in [2.45, 2.75) is 13.0 Å². The van der Waals surface area contributed by atoms with Gasteiger partial charge in [-0.25, -0.2) is 4.98 Å². The Morgan fingerprint density at radius 2 is 2.00 bits per heavy atom. The number of carbonyl (C=O) groups is 1. The first-order valence-electron chi connectivity index (χ1n) is 6.71. The van der Waals surface area contributed by atoms with Gasteiger partial charge in [-0.3, -0.25) is 4.79 Å². The fourth-order valence-electron chi connectivity index (χ4n) is 2.25. The summed E-state index contributed by atoms with van der Waals surface area (Å²) in [6, 6.07) is 14.1. The van der Waals surface area contributed by atoms with Crippen LogP contribution in [0.3, 0.4) is 0 Å². The van der Waals surface area contributed by atoms with E-state index < -0.39 is 6.04 Å². The Balaban J connectivity index is 1.79. The van der Waals surface area contributed by atoms with E-state index >= 15 is 0 Å². The van der Waals surface area contributed by atoms with Gasteiger partial charge in [-0.2, -0.15) is 0 Å². The number of nitrogens with one attached hydrogen (secondary N) is 2. The van der Waals surface area contributed by atoms with E-state index in [9.17, 15) is 4.79 Å². The van der Waals surface area contributed by atoms with Crippen molar-refractivity contribution in [3.63, 3.8) is 0 Å². The first-order valence-corrected chi connectivity index (χ1v) is 6.71. The van der Waals surface area contributed by atoms with Gasteiger partial charge in [0.1, 0.15) is 11.9 Å². The van der Waals surface area contributed by atoms with Gasteiger partial charge >= 0.3 is 0 Å². The molecule has 5 nitrogen and oxygen atoms in total. The molecule has 0 saturated carbocycles. The lowest BCUT2D eigenvalue weighted by molar-refractivity contribution is -0.117. The second kappa shape index (κ2) is 5.38. The number of imidazole rings is 1. The average molecular weight is 280 g/mol. The molecule has 1 amide bonds. The summed E-state index contributed by atoms with van der Waals surface area (Å²) in [6.07, 6.45) is 0. The summed E-state index contributed by atoms with van der Waals surface area (Å²) in [7, 11) is 0. The molecule has 0 fully saturated rings. The predicted octanol–water partition coefficient (Wildman–Crippen LogP) is 2.51. The number of H-pyrrole nitrogens is 1. The van der Waals surface area contributed by atoms with Gasteiger partial charge in [0.15, 0.2) is 0 Å². The molecule has 0 saturated heterocycles. The Labute approximate surface area is 122 Å². The zero-order valence-corrected chi connectivity index (χ0v) is 11.6. The number of benzene rings is 2. The lowest BCUT2D eigenvalue weighted by Crippen LogP contribution is -2.27. The van der Waals surface area contributed by atoms with Crippen LogP contribution >= 0.6 is 0 Å². The van der Waals surface area contributed by atoms with Crippen molar-refractivity contribution in [1.29, 1.82) is 0 Å². The minimum absolute atomic E-state index is 0.239. The van der Waals surface area contributed by atoms with Crippen molar-refractivity contribution in [3.05, 3.63) is 59.9 Å². The molecule has 1 heterocycles. The highest BCUT2D eigenvalue weighted by atomic mass is 16.2. The van der Waals surface area contributed by atoms with Crippen LogP contribution in [0, 0.1) is 6.92 Å². The van der Waals surface area contributed by atoms with Gasteiger partial charge in [-0.15, -0.1) is 0 Å². The van der Waals surface area contributed by atoms with Crippen LogP contribution in [0.1, 0.15) is 17.4 Å². The Morgan fingerprint density at radius 1 is 1.24 bits per heavy atom. The number of fused-ring (bicyclic) bond motifs is 1. The van der Waals surface area contributed by atoms with Gasteiger partial charge < -0.3 is 16.0 Å². The number of hydrogen-bond donors (Lipinski definition) is 3. The van der Waals surface area contributed by atoms with Crippen molar-refractivity contribution in [3.8, 4) is 0 Å². The molecule has 0 aliphatic heterocycles. The molecule has 3 aromatic rings. The number of hydrogen-bond acceptors (Lipinski definition) is 3. The van der Waals surface area contributed by atoms with E-state index in [2.05, 4.69) is 15.3 Å². The van der Waals surface area contributed by atoms with E-state index in [1.807, 2.05) is 55.5 Å². The maximum absolute atomic E-state index is 12.2. The number of aryl methyl sites for hydroxylation is 1. The molecular weight excluding hydrogens is 264 g/mol. The van der Waals surface area contributed by atoms with E-state index in [0.29, 0.717) is 5.69 Å². The van der Waals surface area contributed by atoms with Crippen molar-refractivity contribution >= 4 is 22.6 Å². The highest BCUT2D eigenvalue weighted by Crippen LogP contribution is 2.19. The molecule has 4 N–H and O–H groups in total. The normalized spacial score (nSPS) is 12.3. The van der Waals surface area contributed by atoms with Crippen LogP contribution in [0.15, 0.2) is 48.5 Å². The fraction of sp³-hybridized carbons (Fsp3) is 0.125. The topological polar surface area (TPSA) is 83.8 Å². The summed E-state index contributed by atoms with van der Waals surface area (Å²) in [5.74, 6) is 0.603. The van der Waals surface area contributed by atoms with E-state index in [1.165, 1.54) is 0 Å². The Kier molecular flexibility index (Phi) is 3.41. The van der Waals surface area contributed by atoms with Crippen LogP contribution in [0.2, 0.25) is 0 Å². The molecule has 106 valence electrons. The summed E-state index contributed by atoms with van der Waals surface area (Å²) >= 11 is 0. The summed E-state index contributed by atoms with van der Waals surface area (Å²) in [6.45, 7) is 1.89. The van der Waals surface area contributed by atoms with Gasteiger partial charge in [-0.05, 0) is 30.7 Å². The van der Waals surface area contributed by atoms with Crippen LogP contribution in [0.25, 0.3) is 11.0 Å². The summed E-state index contributed by atoms with van der Waals surface area (Å²) in [5, 5.41) is 2.83. The third kappa shape index (κ3) is 2.78. The molecule has 2 aromatic carbocycles. The summed E-state index contributed by atoms with van der Waals surface area (Å²) in [4.78, 5) is 19.7. The van der Waals surface area contributed by atoms with Gasteiger partial charge in [0.05, 0.1) is 11.0 Å². The number of carbonyl (C=O) groups excluding carboxylic acids is 1. The molecule has 0 unspecified atom stereocenters. The van der Waals surface area contributed by atoms with Crippen LogP contribution in [0.4, 0.5) is 5.69 Å². The van der Waals surface area contributed by atoms with Crippen molar-refractivity contribution < 1.29 is 4.79 Å². The van der Waals surface area contributed by atoms with Crippen molar-refractivity contribution in [2.24, 2.45) is 5.73 Å². The van der Waals surface area contributed by atoms with Gasteiger partial charge in [0, 0.05) is 5.69 Å². The van der Waals surface area contributed by atoms with Crippen LogP contribution in [0.5, 0.6) is 0 Å². The van der Waals surface area contributed by atoms with E-state index in [4.69, 9.17) is 5.73 Å². The number of nitrogens with zero attached hydrogens (tertiary/aromatic N) is 1. The average Bonchev–Trinajstić information content (AvgIpc) is 2.86. The molecule has 0 aliphatic carbocycles. The minimum atomic E-state index is -0.689. The SMILES string of the molecule is Cc1nc2ccc(NC(=O)[C@@H](N)c3ccccc3)cc2[nH]1. The van der Waals surface area contributed by atoms with Gasteiger partial charge in [0.2, 0.25) is 5.91 Å². The van der Waals surface area contributed by atoms with Crippen LogP contribution < -0.4 is 11.1 Å². The van der Waals surface area contributed by atoms with Crippen molar-refractivity contribution in [2.75, 3.05) is 5.32 Å². The molecule has 1 atom stereocenters. The molecule has 0 radical (unpaired) electrons. The van der Waals surface area contributed by atoms with E-state index in [1.54, 1.807) is 0 Å². The smallest absolute Gasteiger partial charge is 0.245 e. The third-order valence-electron chi connectivity index (χ3n) is 3.31. The first-order chi connectivity index (χ1) is 10.1. The standard InChI is InChI=1S/C16H16N4O/c1-10-18-13-8-7-12(9-14(13)19-10)20-16(21)15(17)11-5-3-2-4-6-11/h2-9,15H,17H2,1H3,(H,18,19)(H,20,21)/t15-/m0/s1. The molecule has 5 heteroatoms. The molecular formula is C16H16N4O. The second-order valence-electron chi connectivity index (χ2n) is 4.93. The predicted molar refractivity (Wildman–Crippen MR) is 82.8 cm³/mol. The first kappa shape index (κ1) is 13.3. The summed E-state index contributed by atoms with van der Waals surface area (Å²) < 4.78 is 0. The maximum Gasteiger partial charge on any atom is 0.245 e. The number of aromatic nitrogens is 2. The lowest BCUT2D eigenvalue weighted by Gasteiger charge is -2.12. The number of nitrogens with two attached hydrogens (primary N) is 1. The molecule has 0 aliphatic rings. The molecule has 3 rings (SSSR count). The van der Waals surface area contributed by atoms with Gasteiger partial charge in [0.25, 0.3) is 0 Å².